The number of rotatable bonds is 6. The zero-order valence-electron chi connectivity index (χ0n) is 16.3. The molecule has 0 atom stereocenters. The van der Waals surface area contributed by atoms with E-state index in [9.17, 15) is 14.7 Å². The Kier molecular flexibility index (Phi) is 5.83. The molecule has 0 fully saturated rings. The van der Waals surface area contributed by atoms with Gasteiger partial charge in [0.1, 0.15) is 34.2 Å². The van der Waals surface area contributed by atoms with Crippen molar-refractivity contribution in [3.63, 3.8) is 0 Å². The molecule has 7 nitrogen and oxygen atoms in total. The number of carbonyl (C=O) groups is 2. The highest BCUT2D eigenvalue weighted by molar-refractivity contribution is 6.08. The van der Waals surface area contributed by atoms with Crippen LogP contribution in [0.2, 0.25) is 0 Å². The molecule has 2 rings (SSSR count). The zero-order valence-corrected chi connectivity index (χ0v) is 16.3. The first kappa shape index (κ1) is 20.4. The van der Waals surface area contributed by atoms with E-state index < -0.39 is 11.6 Å². The van der Waals surface area contributed by atoms with Crippen LogP contribution in [0.15, 0.2) is 22.3 Å². The van der Waals surface area contributed by atoms with E-state index >= 15 is 0 Å². The van der Waals surface area contributed by atoms with Gasteiger partial charge in [-0.05, 0) is 33.8 Å². The third-order valence-corrected chi connectivity index (χ3v) is 3.58. The average molecular weight is 376 g/mol. The van der Waals surface area contributed by atoms with Gasteiger partial charge in [-0.25, -0.2) is 4.79 Å². The molecule has 0 aliphatic heterocycles. The van der Waals surface area contributed by atoms with Crippen LogP contribution in [0, 0.1) is 0 Å². The molecule has 7 heteroatoms. The average Bonchev–Trinajstić information content (AvgIpc) is 2.94. The summed E-state index contributed by atoms with van der Waals surface area (Å²) in [5.41, 5.74) is -0.470. The van der Waals surface area contributed by atoms with Crippen molar-refractivity contribution in [1.29, 1.82) is 0 Å². The number of methoxy groups -OCH3 is 2. The third-order valence-electron chi connectivity index (χ3n) is 3.58. The van der Waals surface area contributed by atoms with Crippen molar-refractivity contribution in [2.24, 2.45) is 0 Å². The summed E-state index contributed by atoms with van der Waals surface area (Å²) in [6.07, 6.45) is 1.66. The van der Waals surface area contributed by atoms with Gasteiger partial charge in [-0.2, -0.15) is 0 Å². The van der Waals surface area contributed by atoms with Gasteiger partial charge < -0.3 is 23.7 Å². The second-order valence-electron chi connectivity index (χ2n) is 7.06. The highest BCUT2D eigenvalue weighted by Gasteiger charge is 2.26. The lowest BCUT2D eigenvalue weighted by molar-refractivity contribution is -0.116. The Bertz CT molecular complexity index is 897. The molecular formula is C20H24O7. The lowest BCUT2D eigenvalue weighted by atomic mass is 10.1. The lowest BCUT2D eigenvalue weighted by Crippen LogP contribution is -2.24. The Balaban J connectivity index is 2.63. The molecule has 0 unspecified atom stereocenters. The van der Waals surface area contributed by atoms with Crippen molar-refractivity contribution < 1.29 is 33.3 Å². The summed E-state index contributed by atoms with van der Waals surface area (Å²) >= 11 is 0. The summed E-state index contributed by atoms with van der Waals surface area (Å²) in [5, 5.41) is 10.7. The number of phenolic OH excluding ortho intramolecular Hbond substituents is 1. The molecule has 146 valence electrons. The number of Topliss-reactive ketones (excluding diaryl/α,β-unsaturated/α-hetero) is 1. The number of ether oxygens (including phenoxy) is 3. The number of carbonyl (C=O) groups excluding carboxylic acids is 2. The number of allylic oxidation sites excluding steroid dienone is 1. The normalized spacial score (nSPS) is 12.1. The maximum Gasteiger partial charge on any atom is 0.343 e. The van der Waals surface area contributed by atoms with Gasteiger partial charge in [-0.3, -0.25) is 4.79 Å². The fourth-order valence-electron chi connectivity index (χ4n) is 2.53. The second kappa shape index (κ2) is 7.73. The summed E-state index contributed by atoms with van der Waals surface area (Å²) in [5.74, 6) is -0.00967. The summed E-state index contributed by atoms with van der Waals surface area (Å²) < 4.78 is 21.6. The highest BCUT2D eigenvalue weighted by atomic mass is 16.6. The van der Waals surface area contributed by atoms with Gasteiger partial charge in [-0.15, -0.1) is 0 Å². The van der Waals surface area contributed by atoms with Crippen molar-refractivity contribution in [3.05, 3.63) is 29.2 Å². The van der Waals surface area contributed by atoms with E-state index in [2.05, 4.69) is 0 Å². The molecule has 0 bridgehead atoms. The first-order valence-electron chi connectivity index (χ1n) is 8.36. The molecule has 27 heavy (non-hydrogen) atoms. The molecule has 2 aromatic rings. The number of aromatic hydroxyl groups is 1. The molecule has 1 heterocycles. The number of esters is 1. The minimum atomic E-state index is -0.729. The van der Waals surface area contributed by atoms with Crippen LogP contribution in [-0.4, -0.2) is 36.7 Å². The molecule has 0 saturated carbocycles. The molecule has 0 aliphatic carbocycles. The Labute approximate surface area is 157 Å². The quantitative estimate of drug-likeness (QED) is 0.600. The maximum absolute atomic E-state index is 12.6. The number of phenols is 1. The molecule has 0 saturated heterocycles. The monoisotopic (exact) mass is 376 g/mol. The molecule has 0 amide bonds. The van der Waals surface area contributed by atoms with Crippen LogP contribution in [0.1, 0.15) is 50.2 Å². The Morgan fingerprint density at radius 3 is 2.41 bits per heavy atom. The van der Waals surface area contributed by atoms with E-state index in [1.807, 2.05) is 0 Å². The van der Waals surface area contributed by atoms with Gasteiger partial charge in [0.05, 0.1) is 20.6 Å². The molecule has 1 N–H and O–H groups in total. The molecule has 1 aromatic heterocycles. The zero-order chi connectivity index (χ0) is 20.4. The van der Waals surface area contributed by atoms with Crippen LogP contribution in [-0.2, 0) is 14.3 Å². The van der Waals surface area contributed by atoms with E-state index in [1.54, 1.807) is 32.9 Å². The number of furan rings is 1. The van der Waals surface area contributed by atoms with Gasteiger partial charge >= 0.3 is 5.97 Å². The fourth-order valence-corrected chi connectivity index (χ4v) is 2.53. The van der Waals surface area contributed by atoms with Gasteiger partial charge in [0.25, 0.3) is 0 Å². The Hall–Kier alpha value is -2.96. The van der Waals surface area contributed by atoms with Crippen LogP contribution in [0.5, 0.6) is 11.5 Å². The van der Waals surface area contributed by atoms with Crippen LogP contribution in [0.3, 0.4) is 0 Å². The largest absolute Gasteiger partial charge is 0.507 e. The first-order chi connectivity index (χ1) is 12.6. The summed E-state index contributed by atoms with van der Waals surface area (Å²) in [6.45, 7) is 6.66. The number of ketones is 1. The van der Waals surface area contributed by atoms with Gasteiger partial charge in [-0.1, -0.05) is 0 Å². The summed E-state index contributed by atoms with van der Waals surface area (Å²) in [7, 11) is 2.88. The smallest absolute Gasteiger partial charge is 0.343 e. The Morgan fingerprint density at radius 1 is 1.22 bits per heavy atom. The number of hydrogen-bond donors (Lipinski definition) is 1. The minimum Gasteiger partial charge on any atom is -0.507 e. The van der Waals surface area contributed by atoms with E-state index in [-0.39, 0.29) is 34.8 Å². The summed E-state index contributed by atoms with van der Waals surface area (Å²) in [6, 6.07) is 2.86. The third kappa shape index (κ3) is 4.81. The topological polar surface area (TPSA) is 95.2 Å². The Morgan fingerprint density at radius 2 is 1.89 bits per heavy atom. The lowest BCUT2D eigenvalue weighted by Gasteiger charge is -2.20. The molecular weight excluding hydrogens is 352 g/mol. The van der Waals surface area contributed by atoms with E-state index in [1.165, 1.54) is 27.2 Å². The highest BCUT2D eigenvalue weighted by Crippen LogP contribution is 2.38. The van der Waals surface area contributed by atoms with Crippen LogP contribution < -0.4 is 4.74 Å². The standard InChI is InChI=1S/C20H24O7/c1-11(21)7-12(24-5)8-13-9-14-17(19(23)27-20(2,3)4)15(22)10-16(25-6)18(14)26-13/h8-10,22H,7H2,1-6H3/b12-8-. The van der Waals surface area contributed by atoms with E-state index in [4.69, 9.17) is 18.6 Å². The molecule has 0 radical (unpaired) electrons. The van der Waals surface area contributed by atoms with Gasteiger partial charge in [0.15, 0.2) is 11.3 Å². The van der Waals surface area contributed by atoms with E-state index in [0.717, 1.165) is 0 Å². The van der Waals surface area contributed by atoms with Crippen LogP contribution >= 0.6 is 0 Å². The van der Waals surface area contributed by atoms with Crippen LogP contribution in [0.25, 0.3) is 17.0 Å². The predicted octanol–water partition coefficient (Wildman–Crippen LogP) is 4.07. The van der Waals surface area contributed by atoms with Gasteiger partial charge in [0, 0.05) is 17.5 Å². The van der Waals surface area contributed by atoms with Crippen LogP contribution in [0.4, 0.5) is 0 Å². The van der Waals surface area contributed by atoms with Crippen molar-refractivity contribution in [1.82, 2.24) is 0 Å². The predicted molar refractivity (Wildman–Crippen MR) is 99.9 cm³/mol. The van der Waals surface area contributed by atoms with Crippen molar-refractivity contribution >= 4 is 28.8 Å². The fraction of sp³-hybridized carbons (Fsp3) is 0.400. The van der Waals surface area contributed by atoms with E-state index in [0.29, 0.717) is 16.9 Å². The second-order valence-corrected chi connectivity index (χ2v) is 7.06. The minimum absolute atomic E-state index is 0.0188. The molecule has 0 spiro atoms. The van der Waals surface area contributed by atoms with Crippen molar-refractivity contribution in [2.45, 2.75) is 39.7 Å². The van der Waals surface area contributed by atoms with Crippen molar-refractivity contribution in [2.75, 3.05) is 14.2 Å². The molecule has 1 aromatic carbocycles. The van der Waals surface area contributed by atoms with Crippen molar-refractivity contribution in [3.8, 4) is 11.5 Å². The maximum atomic E-state index is 12.6. The number of benzene rings is 1. The SMILES string of the molecule is CO/C(=C\c1cc2c(C(=O)OC(C)(C)C)c(O)cc(OC)c2o1)CC(C)=O. The first-order valence-corrected chi connectivity index (χ1v) is 8.36. The number of fused-ring (bicyclic) bond motifs is 1. The molecule has 0 aliphatic rings. The van der Waals surface area contributed by atoms with Gasteiger partial charge in [0.2, 0.25) is 0 Å². The number of hydrogen-bond acceptors (Lipinski definition) is 7. The summed E-state index contributed by atoms with van der Waals surface area (Å²) in [4.78, 5) is 23.9.